The fourth-order valence-corrected chi connectivity index (χ4v) is 1.72. The number of rotatable bonds is 4. The van der Waals surface area contributed by atoms with Gasteiger partial charge >= 0.3 is 0 Å². The number of hydrogen-bond donors (Lipinski definition) is 1. The molecule has 4 heteroatoms. The van der Waals surface area contributed by atoms with Crippen LogP contribution in [0.1, 0.15) is 25.1 Å². The summed E-state index contributed by atoms with van der Waals surface area (Å²) in [6.45, 7) is 2.09. The fraction of sp³-hybridized carbons (Fsp3) is 0.250. The molecule has 3 nitrogen and oxygen atoms in total. The van der Waals surface area contributed by atoms with Crippen LogP contribution in [0.3, 0.4) is 0 Å². The summed E-state index contributed by atoms with van der Waals surface area (Å²) in [5, 5.41) is 3.79. The summed E-state index contributed by atoms with van der Waals surface area (Å²) in [4.78, 5) is 4.02. The third-order valence-corrected chi connectivity index (χ3v) is 2.68. The lowest BCUT2D eigenvalue weighted by Gasteiger charge is -2.16. The first-order valence-electron chi connectivity index (χ1n) is 5.21. The van der Waals surface area contributed by atoms with Crippen molar-refractivity contribution in [2.45, 2.75) is 19.4 Å². The van der Waals surface area contributed by atoms with Gasteiger partial charge in [-0.3, -0.25) is 0 Å². The topological polar surface area (TPSA) is 38.1 Å². The Balaban J connectivity index is 2.17. The molecule has 0 saturated carbocycles. The Bertz CT molecular complexity index is 442. The highest BCUT2D eigenvalue weighted by Crippen LogP contribution is 2.26. The second-order valence-corrected chi connectivity index (χ2v) is 3.82. The Kier molecular flexibility index (Phi) is 3.47. The van der Waals surface area contributed by atoms with Crippen molar-refractivity contribution in [2.75, 3.05) is 5.32 Å². The van der Waals surface area contributed by atoms with Crippen LogP contribution in [-0.2, 0) is 0 Å². The standard InChI is InChI=1S/C12H13ClN2O/c1-2-9(11-6-4-8-16-11)15-10-5-3-7-14-12(10)13/h3-9,15H,2H2,1H3. The molecule has 2 aromatic rings. The smallest absolute Gasteiger partial charge is 0.152 e. The number of pyridine rings is 1. The molecule has 0 aliphatic heterocycles. The van der Waals surface area contributed by atoms with E-state index in [-0.39, 0.29) is 6.04 Å². The Morgan fingerprint density at radius 1 is 1.44 bits per heavy atom. The molecule has 1 N–H and O–H groups in total. The minimum absolute atomic E-state index is 0.122. The first-order chi connectivity index (χ1) is 7.81. The molecule has 0 radical (unpaired) electrons. The molecule has 0 bridgehead atoms. The zero-order valence-electron chi connectivity index (χ0n) is 8.98. The maximum Gasteiger partial charge on any atom is 0.152 e. The lowest BCUT2D eigenvalue weighted by atomic mass is 10.1. The molecule has 0 fully saturated rings. The van der Waals surface area contributed by atoms with Crippen molar-refractivity contribution in [3.8, 4) is 0 Å². The summed E-state index contributed by atoms with van der Waals surface area (Å²) < 4.78 is 5.37. The van der Waals surface area contributed by atoms with Gasteiger partial charge in [0.1, 0.15) is 5.76 Å². The van der Waals surface area contributed by atoms with Crippen LogP contribution >= 0.6 is 11.6 Å². The van der Waals surface area contributed by atoms with E-state index in [9.17, 15) is 0 Å². The molecule has 84 valence electrons. The number of halogens is 1. The normalized spacial score (nSPS) is 12.4. The number of aromatic nitrogens is 1. The Labute approximate surface area is 99.5 Å². The van der Waals surface area contributed by atoms with E-state index in [0.717, 1.165) is 17.9 Å². The van der Waals surface area contributed by atoms with Gasteiger partial charge in [0.2, 0.25) is 0 Å². The van der Waals surface area contributed by atoms with E-state index < -0.39 is 0 Å². The number of nitrogens with one attached hydrogen (secondary N) is 1. The molecule has 0 spiro atoms. The summed E-state index contributed by atoms with van der Waals surface area (Å²) in [7, 11) is 0. The molecular weight excluding hydrogens is 224 g/mol. The van der Waals surface area contributed by atoms with Crippen LogP contribution in [0.25, 0.3) is 0 Å². The molecule has 0 aromatic carbocycles. The van der Waals surface area contributed by atoms with E-state index in [1.54, 1.807) is 12.5 Å². The Morgan fingerprint density at radius 2 is 2.31 bits per heavy atom. The molecule has 0 aliphatic carbocycles. The molecule has 1 atom stereocenters. The predicted octanol–water partition coefficient (Wildman–Crippen LogP) is 3.89. The predicted molar refractivity (Wildman–Crippen MR) is 64.6 cm³/mol. The van der Waals surface area contributed by atoms with Crippen LogP contribution < -0.4 is 5.32 Å². The maximum absolute atomic E-state index is 5.98. The molecule has 2 aromatic heterocycles. The van der Waals surface area contributed by atoms with Gasteiger partial charge < -0.3 is 9.73 Å². The second kappa shape index (κ2) is 5.03. The monoisotopic (exact) mass is 236 g/mol. The number of nitrogens with zero attached hydrogens (tertiary/aromatic N) is 1. The minimum Gasteiger partial charge on any atom is -0.467 e. The summed E-state index contributed by atoms with van der Waals surface area (Å²) in [5.74, 6) is 0.905. The largest absolute Gasteiger partial charge is 0.467 e. The zero-order chi connectivity index (χ0) is 11.4. The van der Waals surface area contributed by atoms with Crippen LogP contribution in [0, 0.1) is 0 Å². The number of anilines is 1. The van der Waals surface area contributed by atoms with E-state index >= 15 is 0 Å². The van der Waals surface area contributed by atoms with Crippen LogP contribution in [-0.4, -0.2) is 4.98 Å². The van der Waals surface area contributed by atoms with Gasteiger partial charge in [-0.2, -0.15) is 0 Å². The summed E-state index contributed by atoms with van der Waals surface area (Å²) in [6.07, 6.45) is 4.25. The first kappa shape index (κ1) is 11.0. The van der Waals surface area contributed by atoms with Gasteiger partial charge in [-0.05, 0) is 30.7 Å². The van der Waals surface area contributed by atoms with Crippen LogP contribution in [0.4, 0.5) is 5.69 Å². The number of furan rings is 1. The first-order valence-corrected chi connectivity index (χ1v) is 5.59. The van der Waals surface area contributed by atoms with Gasteiger partial charge in [0, 0.05) is 6.20 Å². The third-order valence-electron chi connectivity index (χ3n) is 2.38. The molecule has 0 saturated heterocycles. The van der Waals surface area contributed by atoms with Crippen LogP contribution in [0.15, 0.2) is 41.1 Å². The molecule has 2 heterocycles. The van der Waals surface area contributed by atoms with Crippen LogP contribution in [0.2, 0.25) is 5.15 Å². The highest BCUT2D eigenvalue weighted by atomic mass is 35.5. The molecule has 0 aliphatic rings. The quantitative estimate of drug-likeness (QED) is 0.819. The van der Waals surface area contributed by atoms with Gasteiger partial charge in [0.15, 0.2) is 5.15 Å². The lowest BCUT2D eigenvalue weighted by molar-refractivity contribution is 0.474. The SMILES string of the molecule is CCC(Nc1cccnc1Cl)c1ccco1. The molecule has 16 heavy (non-hydrogen) atoms. The van der Waals surface area contributed by atoms with E-state index in [0.29, 0.717) is 5.15 Å². The molecule has 2 rings (SSSR count). The second-order valence-electron chi connectivity index (χ2n) is 3.46. The van der Waals surface area contributed by atoms with E-state index in [1.165, 1.54) is 0 Å². The van der Waals surface area contributed by atoms with E-state index in [1.807, 2.05) is 24.3 Å². The molecule has 0 amide bonds. The lowest BCUT2D eigenvalue weighted by Crippen LogP contribution is -2.09. The van der Waals surface area contributed by atoms with Gasteiger partial charge in [-0.1, -0.05) is 18.5 Å². The van der Waals surface area contributed by atoms with Crippen molar-refractivity contribution in [2.24, 2.45) is 0 Å². The van der Waals surface area contributed by atoms with Gasteiger partial charge in [-0.15, -0.1) is 0 Å². The summed E-state index contributed by atoms with van der Waals surface area (Å²) in [6, 6.07) is 7.71. The number of hydrogen-bond acceptors (Lipinski definition) is 3. The third kappa shape index (κ3) is 2.36. The summed E-state index contributed by atoms with van der Waals surface area (Å²) >= 11 is 5.98. The summed E-state index contributed by atoms with van der Waals surface area (Å²) in [5.41, 5.74) is 0.826. The average molecular weight is 237 g/mol. The van der Waals surface area contributed by atoms with Crippen molar-refractivity contribution in [3.05, 3.63) is 47.6 Å². The van der Waals surface area contributed by atoms with E-state index in [4.69, 9.17) is 16.0 Å². The van der Waals surface area contributed by atoms with Crippen molar-refractivity contribution < 1.29 is 4.42 Å². The van der Waals surface area contributed by atoms with E-state index in [2.05, 4.69) is 17.2 Å². The van der Waals surface area contributed by atoms with Gasteiger partial charge in [0.05, 0.1) is 18.0 Å². The highest BCUT2D eigenvalue weighted by molar-refractivity contribution is 6.31. The maximum atomic E-state index is 5.98. The minimum atomic E-state index is 0.122. The Hall–Kier alpha value is -1.48. The van der Waals surface area contributed by atoms with Crippen molar-refractivity contribution in [3.63, 3.8) is 0 Å². The fourth-order valence-electron chi connectivity index (χ4n) is 1.55. The highest BCUT2D eigenvalue weighted by Gasteiger charge is 2.13. The Morgan fingerprint density at radius 3 is 2.94 bits per heavy atom. The van der Waals surface area contributed by atoms with Gasteiger partial charge in [-0.25, -0.2) is 4.98 Å². The van der Waals surface area contributed by atoms with Crippen LogP contribution in [0.5, 0.6) is 0 Å². The van der Waals surface area contributed by atoms with Crippen molar-refractivity contribution in [1.29, 1.82) is 0 Å². The van der Waals surface area contributed by atoms with Gasteiger partial charge in [0.25, 0.3) is 0 Å². The average Bonchev–Trinajstić information content (AvgIpc) is 2.81. The molecular formula is C12H13ClN2O. The zero-order valence-corrected chi connectivity index (χ0v) is 9.74. The van der Waals surface area contributed by atoms with Crippen molar-refractivity contribution >= 4 is 17.3 Å². The molecule has 1 unspecified atom stereocenters. The van der Waals surface area contributed by atoms with Crippen molar-refractivity contribution in [1.82, 2.24) is 4.98 Å².